The number of carbonyl (C=O) groups is 3. The molecular formula is C35H39NO12. The molecule has 0 saturated carbocycles. The van der Waals surface area contributed by atoms with Crippen LogP contribution in [-0.4, -0.2) is 94.7 Å². The molecule has 1 fully saturated rings. The number of imide groups is 1. The highest BCUT2D eigenvalue weighted by Crippen LogP contribution is 2.32. The van der Waals surface area contributed by atoms with Crippen LogP contribution in [0, 0.1) is 0 Å². The van der Waals surface area contributed by atoms with Gasteiger partial charge in [0.1, 0.15) is 49.1 Å². The van der Waals surface area contributed by atoms with Gasteiger partial charge < -0.3 is 37.9 Å². The molecule has 13 heteroatoms. The summed E-state index contributed by atoms with van der Waals surface area (Å²) in [4.78, 5) is 44.2. The highest BCUT2D eigenvalue weighted by atomic mass is 16.7. The SMILES string of the molecule is CCOC(=O)CO[C@H]1[C@@H](OC)O[C@H](CON2C(=O)c3ccccc3C2=O)[C@@H](OCc2ccc(OC)cc2)[C@@H]1OCc1ccc(OC)cc1. The third kappa shape index (κ3) is 8.19. The Bertz CT molecular complexity index is 1490. The van der Waals surface area contributed by atoms with Crippen molar-refractivity contribution < 1.29 is 57.1 Å². The number of nitrogens with zero attached hydrogens (tertiary/aromatic N) is 1. The van der Waals surface area contributed by atoms with Gasteiger partial charge in [-0.15, -0.1) is 5.06 Å². The van der Waals surface area contributed by atoms with E-state index in [1.54, 1.807) is 45.4 Å². The molecule has 0 spiro atoms. The van der Waals surface area contributed by atoms with Crippen molar-refractivity contribution >= 4 is 17.8 Å². The van der Waals surface area contributed by atoms with Gasteiger partial charge in [-0.05, 0) is 54.4 Å². The number of carbonyl (C=O) groups excluding carboxylic acids is 3. The van der Waals surface area contributed by atoms with Crippen LogP contribution in [0.1, 0.15) is 38.8 Å². The van der Waals surface area contributed by atoms with Gasteiger partial charge in [0.05, 0.1) is 45.2 Å². The fourth-order valence-electron chi connectivity index (χ4n) is 5.40. The smallest absolute Gasteiger partial charge is 0.332 e. The minimum Gasteiger partial charge on any atom is -0.497 e. The number of benzene rings is 3. The summed E-state index contributed by atoms with van der Waals surface area (Å²) in [5.74, 6) is -0.385. The van der Waals surface area contributed by atoms with Crippen LogP contribution in [0.2, 0.25) is 0 Å². The lowest BCUT2D eigenvalue weighted by atomic mass is 9.98. The average molecular weight is 666 g/mol. The first-order valence-corrected chi connectivity index (χ1v) is 15.4. The maximum atomic E-state index is 13.0. The van der Waals surface area contributed by atoms with E-state index in [2.05, 4.69) is 0 Å². The van der Waals surface area contributed by atoms with Crippen molar-refractivity contribution in [2.75, 3.05) is 41.2 Å². The summed E-state index contributed by atoms with van der Waals surface area (Å²) in [6.07, 6.45) is -4.75. The van der Waals surface area contributed by atoms with E-state index in [0.717, 1.165) is 11.1 Å². The summed E-state index contributed by atoms with van der Waals surface area (Å²) in [7, 11) is 4.59. The van der Waals surface area contributed by atoms with Gasteiger partial charge in [-0.25, -0.2) is 4.79 Å². The maximum absolute atomic E-state index is 13.0. The van der Waals surface area contributed by atoms with E-state index >= 15 is 0 Å². The Kier molecular flexibility index (Phi) is 12.1. The van der Waals surface area contributed by atoms with Crippen molar-refractivity contribution in [1.29, 1.82) is 0 Å². The van der Waals surface area contributed by atoms with Crippen LogP contribution in [0.3, 0.4) is 0 Å². The van der Waals surface area contributed by atoms with E-state index in [9.17, 15) is 14.4 Å². The monoisotopic (exact) mass is 665 g/mol. The maximum Gasteiger partial charge on any atom is 0.332 e. The third-order valence-corrected chi connectivity index (χ3v) is 7.85. The van der Waals surface area contributed by atoms with Crippen LogP contribution >= 0.6 is 0 Å². The van der Waals surface area contributed by atoms with Gasteiger partial charge in [0.25, 0.3) is 11.8 Å². The second-order valence-corrected chi connectivity index (χ2v) is 10.9. The van der Waals surface area contributed by atoms with Crippen molar-refractivity contribution in [1.82, 2.24) is 5.06 Å². The molecule has 0 N–H and O–H groups in total. The number of hydrogen-bond acceptors (Lipinski definition) is 12. The fraction of sp³-hybridized carbons (Fsp3) is 0.400. The molecule has 3 aromatic rings. The predicted molar refractivity (Wildman–Crippen MR) is 168 cm³/mol. The highest BCUT2D eigenvalue weighted by molar-refractivity contribution is 6.20. The summed E-state index contributed by atoms with van der Waals surface area (Å²) in [5, 5.41) is 0.715. The van der Waals surface area contributed by atoms with Crippen molar-refractivity contribution in [2.24, 2.45) is 0 Å². The Morgan fingerprint density at radius 1 is 0.729 bits per heavy atom. The Balaban J connectivity index is 1.42. The molecule has 2 aliphatic rings. The van der Waals surface area contributed by atoms with Gasteiger partial charge in [-0.3, -0.25) is 14.4 Å². The largest absolute Gasteiger partial charge is 0.497 e. The molecule has 0 radical (unpaired) electrons. The summed E-state index contributed by atoms with van der Waals surface area (Å²) < 4.78 is 46.6. The Hall–Kier alpha value is -4.37. The number of hydroxylamine groups is 2. The molecule has 2 aliphatic heterocycles. The zero-order chi connectivity index (χ0) is 34.0. The standard InChI is InChI=1S/C35H39NO12/c1-5-43-29(37)21-46-32-31(45-19-23-12-16-25(41-3)17-13-23)30(44-18-22-10-14-24(40-2)15-11-22)28(48-35(32)42-4)20-47-36-33(38)26-8-6-7-9-27(26)34(36)39/h6-17,28,30-32,35H,5,18-21H2,1-4H3/t28-,30-,31+,32-,35+/m1/s1. The third-order valence-electron chi connectivity index (χ3n) is 7.85. The number of ether oxygens (including phenoxy) is 8. The molecule has 48 heavy (non-hydrogen) atoms. The van der Waals surface area contributed by atoms with Crippen LogP contribution in [0.25, 0.3) is 0 Å². The normalized spacial score (nSPS) is 22.0. The molecule has 0 bridgehead atoms. The van der Waals surface area contributed by atoms with Gasteiger partial charge in [-0.1, -0.05) is 36.4 Å². The Morgan fingerprint density at radius 3 is 1.77 bits per heavy atom. The zero-order valence-electron chi connectivity index (χ0n) is 27.2. The molecule has 5 atom stereocenters. The van der Waals surface area contributed by atoms with E-state index in [1.807, 2.05) is 48.5 Å². The van der Waals surface area contributed by atoms with Crippen LogP contribution in [0.15, 0.2) is 72.8 Å². The first kappa shape index (κ1) is 35.0. The predicted octanol–water partition coefficient (Wildman–Crippen LogP) is 3.72. The van der Waals surface area contributed by atoms with E-state index in [-0.39, 0.29) is 37.6 Å². The van der Waals surface area contributed by atoms with Gasteiger partial charge in [0.15, 0.2) is 6.29 Å². The second kappa shape index (κ2) is 16.6. The van der Waals surface area contributed by atoms with Crippen molar-refractivity contribution in [3.63, 3.8) is 0 Å². The minimum absolute atomic E-state index is 0.117. The van der Waals surface area contributed by atoms with Crippen LogP contribution in [0.4, 0.5) is 0 Å². The van der Waals surface area contributed by atoms with Crippen LogP contribution in [-0.2, 0) is 51.3 Å². The van der Waals surface area contributed by atoms with Gasteiger partial charge in [0.2, 0.25) is 0 Å². The number of esters is 1. The summed E-state index contributed by atoms with van der Waals surface area (Å²) in [6, 6.07) is 21.1. The number of methoxy groups -OCH3 is 3. The molecule has 256 valence electrons. The molecule has 1 saturated heterocycles. The Labute approximate surface area is 278 Å². The second-order valence-electron chi connectivity index (χ2n) is 10.9. The molecule has 0 unspecified atom stereocenters. The molecule has 13 nitrogen and oxygen atoms in total. The van der Waals surface area contributed by atoms with E-state index in [4.69, 9.17) is 42.7 Å². The van der Waals surface area contributed by atoms with Crippen LogP contribution in [0.5, 0.6) is 11.5 Å². The van der Waals surface area contributed by atoms with E-state index < -0.39 is 55.1 Å². The zero-order valence-corrected chi connectivity index (χ0v) is 27.2. The lowest BCUT2D eigenvalue weighted by Crippen LogP contribution is -2.62. The summed E-state index contributed by atoms with van der Waals surface area (Å²) in [6.45, 7) is 1.43. The van der Waals surface area contributed by atoms with Crippen molar-refractivity contribution in [3.8, 4) is 11.5 Å². The molecule has 0 aromatic heterocycles. The molecule has 3 aromatic carbocycles. The topological polar surface area (TPSA) is 138 Å². The quantitative estimate of drug-likeness (QED) is 0.163. The summed E-state index contributed by atoms with van der Waals surface area (Å²) in [5.41, 5.74) is 2.13. The molecule has 2 heterocycles. The number of hydrogen-bond donors (Lipinski definition) is 0. The number of fused-ring (bicyclic) bond motifs is 1. The first-order chi connectivity index (χ1) is 23.4. The van der Waals surface area contributed by atoms with Crippen molar-refractivity contribution in [2.45, 2.75) is 50.8 Å². The lowest BCUT2D eigenvalue weighted by Gasteiger charge is -2.45. The van der Waals surface area contributed by atoms with Gasteiger partial charge in [-0.2, -0.15) is 0 Å². The highest BCUT2D eigenvalue weighted by Gasteiger charge is 2.50. The molecule has 2 amide bonds. The fourth-order valence-corrected chi connectivity index (χ4v) is 5.40. The number of amides is 2. The van der Waals surface area contributed by atoms with E-state index in [1.165, 1.54) is 7.11 Å². The number of rotatable bonds is 16. The van der Waals surface area contributed by atoms with Gasteiger partial charge >= 0.3 is 5.97 Å². The van der Waals surface area contributed by atoms with E-state index in [0.29, 0.717) is 16.6 Å². The molecular weight excluding hydrogens is 626 g/mol. The van der Waals surface area contributed by atoms with Crippen LogP contribution < -0.4 is 9.47 Å². The lowest BCUT2D eigenvalue weighted by molar-refractivity contribution is -0.325. The first-order valence-electron chi connectivity index (χ1n) is 15.4. The van der Waals surface area contributed by atoms with Gasteiger partial charge in [0, 0.05) is 7.11 Å². The molecule has 0 aliphatic carbocycles. The summed E-state index contributed by atoms with van der Waals surface area (Å²) >= 11 is 0. The minimum atomic E-state index is -1.06. The average Bonchev–Trinajstić information content (AvgIpc) is 3.36. The Morgan fingerprint density at radius 2 is 1.27 bits per heavy atom. The van der Waals surface area contributed by atoms with Crippen molar-refractivity contribution in [3.05, 3.63) is 95.1 Å². The molecule has 5 rings (SSSR count).